The molecule has 0 bridgehead atoms. The van der Waals surface area contributed by atoms with E-state index in [0.29, 0.717) is 17.5 Å². The molecule has 4 heterocycles. The minimum atomic E-state index is 0.611. The van der Waals surface area contributed by atoms with Crippen LogP contribution >= 0.6 is 0 Å². The Hall–Kier alpha value is -7.44. The van der Waals surface area contributed by atoms with Crippen LogP contribution in [-0.2, 0) is 0 Å². The molecule has 0 unspecified atom stereocenters. The van der Waals surface area contributed by atoms with E-state index < -0.39 is 0 Å². The minimum absolute atomic E-state index is 0.611. The molecule has 9 aromatic rings. The quantitative estimate of drug-likeness (QED) is 0.158. The Bertz CT molecular complexity index is 2630. The highest BCUT2D eigenvalue weighted by Crippen LogP contribution is 2.34. The molecule has 0 spiro atoms. The van der Waals surface area contributed by atoms with E-state index in [-0.39, 0.29) is 0 Å². The minimum Gasteiger partial charge on any atom is -0.264 e. The number of hydrogen-bond donors (Lipinski definition) is 0. The van der Waals surface area contributed by atoms with Gasteiger partial charge in [0.05, 0.1) is 11.4 Å². The van der Waals surface area contributed by atoms with Crippen molar-refractivity contribution >= 4 is 0 Å². The molecular weight excluding hydrogens is 661 g/mol. The summed E-state index contributed by atoms with van der Waals surface area (Å²) >= 11 is 0. The van der Waals surface area contributed by atoms with Crippen molar-refractivity contribution in [3.8, 4) is 90.1 Å². The topological polar surface area (TPSA) is 77.3 Å². The number of hydrogen-bond acceptors (Lipinski definition) is 6. The molecule has 0 radical (unpaired) electrons. The van der Waals surface area contributed by atoms with Gasteiger partial charge in [0, 0.05) is 52.6 Å². The highest BCUT2D eigenvalue weighted by Gasteiger charge is 2.15. The molecule has 5 aromatic carbocycles. The van der Waals surface area contributed by atoms with Gasteiger partial charge in [-0.05, 0) is 81.9 Å². The van der Waals surface area contributed by atoms with E-state index in [4.69, 9.17) is 19.9 Å². The van der Waals surface area contributed by atoms with Crippen LogP contribution in [0.5, 0.6) is 0 Å². The number of nitrogens with zero attached hydrogens (tertiary/aromatic N) is 6. The zero-order valence-electron chi connectivity index (χ0n) is 29.2. The summed E-state index contributed by atoms with van der Waals surface area (Å²) in [7, 11) is 0. The first-order valence-electron chi connectivity index (χ1n) is 17.7. The number of benzene rings is 5. The van der Waals surface area contributed by atoms with Gasteiger partial charge < -0.3 is 0 Å². The zero-order chi connectivity index (χ0) is 36.1. The monoisotopic (exact) mass is 692 g/mol. The Kier molecular flexibility index (Phi) is 8.81. The van der Waals surface area contributed by atoms with Crippen molar-refractivity contribution in [3.63, 3.8) is 0 Å². The highest BCUT2D eigenvalue weighted by molar-refractivity contribution is 5.80. The van der Waals surface area contributed by atoms with E-state index in [0.717, 1.165) is 72.6 Å². The van der Waals surface area contributed by atoms with Gasteiger partial charge in [0.25, 0.3) is 0 Å². The summed E-state index contributed by atoms with van der Waals surface area (Å²) < 4.78 is 0. The van der Waals surface area contributed by atoms with Gasteiger partial charge in [0.1, 0.15) is 0 Å². The third kappa shape index (κ3) is 6.92. The Balaban J connectivity index is 1.10. The van der Waals surface area contributed by atoms with Crippen LogP contribution in [-0.4, -0.2) is 29.9 Å². The first-order valence-corrected chi connectivity index (χ1v) is 17.7. The van der Waals surface area contributed by atoms with Gasteiger partial charge in [-0.2, -0.15) is 0 Å². The maximum absolute atomic E-state index is 5.04. The number of rotatable bonds is 8. The fourth-order valence-electron chi connectivity index (χ4n) is 6.53. The van der Waals surface area contributed by atoms with Crippen molar-refractivity contribution < 1.29 is 0 Å². The van der Waals surface area contributed by atoms with Crippen LogP contribution < -0.4 is 0 Å². The van der Waals surface area contributed by atoms with E-state index in [9.17, 15) is 0 Å². The molecule has 0 saturated heterocycles. The second kappa shape index (κ2) is 14.7. The fraction of sp³-hybridized carbons (Fsp3) is 0. The first-order chi connectivity index (χ1) is 26.7. The van der Waals surface area contributed by atoms with Crippen molar-refractivity contribution in [2.75, 3.05) is 0 Å². The van der Waals surface area contributed by atoms with E-state index in [2.05, 4.69) is 119 Å². The van der Waals surface area contributed by atoms with Gasteiger partial charge >= 0.3 is 0 Å². The molecule has 0 N–H and O–H groups in total. The normalized spacial score (nSPS) is 11.0. The van der Waals surface area contributed by atoms with E-state index in [1.807, 2.05) is 73.1 Å². The van der Waals surface area contributed by atoms with Gasteiger partial charge in [-0.1, -0.05) is 121 Å². The molecule has 0 aliphatic carbocycles. The van der Waals surface area contributed by atoms with Gasteiger partial charge in [0.2, 0.25) is 0 Å². The summed E-state index contributed by atoms with van der Waals surface area (Å²) in [6.45, 7) is 0. The molecule has 54 heavy (non-hydrogen) atoms. The molecule has 0 saturated carbocycles. The third-order valence-electron chi connectivity index (χ3n) is 9.31. The predicted molar refractivity (Wildman–Crippen MR) is 217 cm³/mol. The van der Waals surface area contributed by atoms with Gasteiger partial charge in [-0.3, -0.25) is 9.97 Å². The maximum atomic E-state index is 5.04. The molecule has 0 fully saturated rings. The standard InChI is InChI=1S/C48H32N6/c1-3-11-33(12-4-1)34-21-23-36(24-22-34)47-52-46(35-13-5-2-6-14-35)53-48(54-47)40-18-8-16-38(28-40)37-15-7-17-39(27-37)43-29-44(41-19-9-25-49-31-41)51-45(30-43)42-20-10-26-50-32-42/h1-32H. The zero-order valence-corrected chi connectivity index (χ0v) is 29.2. The first kappa shape index (κ1) is 32.5. The largest absolute Gasteiger partial charge is 0.264 e. The number of aromatic nitrogens is 6. The molecule has 0 aliphatic rings. The van der Waals surface area contributed by atoms with E-state index in [1.54, 1.807) is 12.4 Å². The summed E-state index contributed by atoms with van der Waals surface area (Å²) in [5, 5.41) is 0. The molecule has 4 aromatic heterocycles. The van der Waals surface area contributed by atoms with Gasteiger partial charge in [0.15, 0.2) is 17.5 Å². The van der Waals surface area contributed by atoms with Crippen LogP contribution in [0.25, 0.3) is 90.1 Å². The lowest BCUT2D eigenvalue weighted by molar-refractivity contribution is 1.07. The van der Waals surface area contributed by atoms with Gasteiger partial charge in [-0.25, -0.2) is 19.9 Å². The van der Waals surface area contributed by atoms with Crippen LogP contribution in [0.4, 0.5) is 0 Å². The van der Waals surface area contributed by atoms with Crippen LogP contribution in [0.15, 0.2) is 195 Å². The Morgan fingerprint density at radius 3 is 1.17 bits per heavy atom. The molecule has 0 aliphatic heterocycles. The summed E-state index contributed by atoms with van der Waals surface area (Å²) in [6.07, 6.45) is 7.24. The van der Waals surface area contributed by atoms with Crippen LogP contribution in [0, 0.1) is 0 Å². The summed E-state index contributed by atoms with van der Waals surface area (Å²) in [5.74, 6) is 1.86. The second-order valence-corrected chi connectivity index (χ2v) is 12.9. The van der Waals surface area contributed by atoms with Gasteiger partial charge in [-0.15, -0.1) is 0 Å². The fourth-order valence-corrected chi connectivity index (χ4v) is 6.53. The van der Waals surface area contributed by atoms with Crippen molar-refractivity contribution in [1.29, 1.82) is 0 Å². The van der Waals surface area contributed by atoms with E-state index >= 15 is 0 Å². The number of pyridine rings is 3. The summed E-state index contributed by atoms with van der Waals surface area (Å²) in [5.41, 5.74) is 12.9. The van der Waals surface area contributed by atoms with Crippen molar-refractivity contribution in [3.05, 3.63) is 195 Å². The maximum Gasteiger partial charge on any atom is 0.164 e. The molecular formula is C48H32N6. The lowest BCUT2D eigenvalue weighted by Gasteiger charge is -2.12. The third-order valence-corrected chi connectivity index (χ3v) is 9.31. The lowest BCUT2D eigenvalue weighted by Crippen LogP contribution is -2.00. The molecule has 9 rings (SSSR count). The Labute approximate surface area is 313 Å². The van der Waals surface area contributed by atoms with Crippen molar-refractivity contribution in [2.24, 2.45) is 0 Å². The Morgan fingerprint density at radius 2 is 0.630 bits per heavy atom. The second-order valence-electron chi connectivity index (χ2n) is 12.9. The van der Waals surface area contributed by atoms with Crippen molar-refractivity contribution in [2.45, 2.75) is 0 Å². The Morgan fingerprint density at radius 1 is 0.241 bits per heavy atom. The van der Waals surface area contributed by atoms with Crippen LogP contribution in [0.3, 0.4) is 0 Å². The van der Waals surface area contributed by atoms with Crippen LogP contribution in [0.2, 0.25) is 0 Å². The molecule has 6 heteroatoms. The predicted octanol–water partition coefficient (Wildman–Crippen LogP) is 11.4. The average molecular weight is 693 g/mol. The summed E-state index contributed by atoms with van der Waals surface area (Å²) in [6, 6.07) is 58.0. The molecule has 254 valence electrons. The van der Waals surface area contributed by atoms with E-state index in [1.165, 1.54) is 0 Å². The molecule has 6 nitrogen and oxygen atoms in total. The lowest BCUT2D eigenvalue weighted by atomic mass is 9.96. The smallest absolute Gasteiger partial charge is 0.164 e. The molecule has 0 atom stereocenters. The van der Waals surface area contributed by atoms with Crippen LogP contribution in [0.1, 0.15) is 0 Å². The SMILES string of the molecule is c1ccc(-c2ccc(-c3nc(-c4ccccc4)nc(-c4cccc(-c5cccc(-c6cc(-c7cccnc7)nc(-c7cccnc7)c6)c5)c4)n3)cc2)cc1. The average Bonchev–Trinajstić information content (AvgIpc) is 3.27. The summed E-state index contributed by atoms with van der Waals surface area (Å²) in [4.78, 5) is 28.7. The van der Waals surface area contributed by atoms with Crippen molar-refractivity contribution in [1.82, 2.24) is 29.9 Å². The molecule has 0 amide bonds. The highest BCUT2D eigenvalue weighted by atomic mass is 15.0.